The lowest BCUT2D eigenvalue weighted by atomic mass is 10.1. The maximum absolute atomic E-state index is 10.2. The molecule has 1 fully saturated rings. The summed E-state index contributed by atoms with van der Waals surface area (Å²) in [4.78, 5) is 2.51. The zero-order valence-corrected chi connectivity index (χ0v) is 11.6. The lowest BCUT2D eigenvalue weighted by molar-refractivity contribution is 0.0850. The minimum atomic E-state index is -0.549. The van der Waals surface area contributed by atoms with Crippen molar-refractivity contribution in [2.45, 2.75) is 25.0 Å². The van der Waals surface area contributed by atoms with Crippen molar-refractivity contribution < 1.29 is 10.2 Å². The fraction of sp³-hybridized carbons (Fsp3) is 0.500. The van der Waals surface area contributed by atoms with Crippen molar-refractivity contribution in [3.8, 4) is 0 Å². The highest BCUT2D eigenvalue weighted by atomic mass is 32.1. The number of nitrogens with two attached hydrogens (primary N) is 1. The smallest absolute Gasteiger partial charge is 0.103 e. The lowest BCUT2D eigenvalue weighted by Gasteiger charge is -2.25. The molecule has 0 spiro atoms. The minimum absolute atomic E-state index is 0.160. The van der Waals surface area contributed by atoms with Gasteiger partial charge in [-0.15, -0.1) is 0 Å². The number of aliphatic hydroxyl groups is 2. The van der Waals surface area contributed by atoms with Gasteiger partial charge in [-0.3, -0.25) is 4.90 Å². The molecular formula is C14H20N2O2S. The number of likely N-dealkylation sites (tertiary alicyclic amines) is 1. The average molecular weight is 280 g/mol. The summed E-state index contributed by atoms with van der Waals surface area (Å²) in [5, 5.41) is 19.5. The van der Waals surface area contributed by atoms with Gasteiger partial charge in [0.1, 0.15) is 4.99 Å². The molecule has 0 aromatic heterocycles. The Morgan fingerprint density at radius 3 is 2.68 bits per heavy atom. The number of aliphatic hydroxyl groups excluding tert-OH is 2. The molecule has 104 valence electrons. The SMILES string of the molecule is NC(=S)c1ccc(C(O)CN2CCCC2CO)cc1. The topological polar surface area (TPSA) is 69.7 Å². The zero-order chi connectivity index (χ0) is 13.8. The van der Waals surface area contributed by atoms with E-state index in [1.807, 2.05) is 24.3 Å². The van der Waals surface area contributed by atoms with Crippen LogP contribution < -0.4 is 5.73 Å². The van der Waals surface area contributed by atoms with Gasteiger partial charge in [0.05, 0.1) is 12.7 Å². The van der Waals surface area contributed by atoms with Crippen LogP contribution in [0.2, 0.25) is 0 Å². The Bertz CT molecular complexity index is 436. The molecule has 0 saturated carbocycles. The van der Waals surface area contributed by atoms with E-state index in [2.05, 4.69) is 4.90 Å². The van der Waals surface area contributed by atoms with E-state index in [9.17, 15) is 10.2 Å². The molecule has 4 N–H and O–H groups in total. The van der Waals surface area contributed by atoms with Gasteiger partial charge in [0, 0.05) is 18.2 Å². The van der Waals surface area contributed by atoms with Crippen LogP contribution in [0.1, 0.15) is 30.1 Å². The second-order valence-corrected chi connectivity index (χ2v) is 5.42. The van der Waals surface area contributed by atoms with Gasteiger partial charge < -0.3 is 15.9 Å². The molecule has 1 heterocycles. The first-order valence-electron chi connectivity index (χ1n) is 6.54. The molecule has 0 amide bonds. The van der Waals surface area contributed by atoms with Crippen LogP contribution in [0.3, 0.4) is 0 Å². The minimum Gasteiger partial charge on any atom is -0.395 e. The molecule has 1 aromatic carbocycles. The summed E-state index contributed by atoms with van der Waals surface area (Å²) in [5.41, 5.74) is 7.20. The molecule has 5 heteroatoms. The molecule has 0 bridgehead atoms. The third-order valence-electron chi connectivity index (χ3n) is 3.70. The Balaban J connectivity index is 1.99. The van der Waals surface area contributed by atoms with Gasteiger partial charge >= 0.3 is 0 Å². The number of β-amino-alcohol motifs (C(OH)–C–C–N with tert-alkyl or cyclic N) is 1. The van der Waals surface area contributed by atoms with Crippen molar-refractivity contribution in [3.63, 3.8) is 0 Å². The fourth-order valence-electron chi connectivity index (χ4n) is 2.54. The molecule has 1 aliphatic rings. The first-order valence-corrected chi connectivity index (χ1v) is 6.95. The van der Waals surface area contributed by atoms with E-state index < -0.39 is 6.10 Å². The third kappa shape index (κ3) is 3.51. The van der Waals surface area contributed by atoms with E-state index in [0.29, 0.717) is 11.5 Å². The van der Waals surface area contributed by atoms with E-state index in [4.69, 9.17) is 18.0 Å². The number of hydrogen-bond donors (Lipinski definition) is 3. The fourth-order valence-corrected chi connectivity index (χ4v) is 2.68. The van der Waals surface area contributed by atoms with Crippen LogP contribution in [0.4, 0.5) is 0 Å². The quantitative estimate of drug-likeness (QED) is 0.696. The summed E-state index contributed by atoms with van der Waals surface area (Å²) in [6.07, 6.45) is 1.54. The van der Waals surface area contributed by atoms with Crippen LogP contribution in [-0.2, 0) is 0 Å². The first-order chi connectivity index (χ1) is 9.11. The lowest BCUT2D eigenvalue weighted by Crippen LogP contribution is -2.35. The largest absolute Gasteiger partial charge is 0.395 e. The highest BCUT2D eigenvalue weighted by Gasteiger charge is 2.25. The van der Waals surface area contributed by atoms with E-state index in [-0.39, 0.29) is 12.6 Å². The molecular weight excluding hydrogens is 260 g/mol. The summed E-state index contributed by atoms with van der Waals surface area (Å²) in [5.74, 6) is 0. The van der Waals surface area contributed by atoms with E-state index in [0.717, 1.165) is 30.5 Å². The van der Waals surface area contributed by atoms with Crippen molar-refractivity contribution in [2.24, 2.45) is 5.73 Å². The second-order valence-electron chi connectivity index (χ2n) is 4.98. The third-order valence-corrected chi connectivity index (χ3v) is 3.93. The highest BCUT2D eigenvalue weighted by molar-refractivity contribution is 7.80. The molecule has 0 radical (unpaired) electrons. The van der Waals surface area contributed by atoms with Gasteiger partial charge in [-0.05, 0) is 24.9 Å². The molecule has 0 aliphatic carbocycles. The first kappa shape index (κ1) is 14.4. The normalized spacial score (nSPS) is 21.5. The molecule has 1 aliphatic heterocycles. The Hall–Kier alpha value is -1.01. The maximum Gasteiger partial charge on any atom is 0.103 e. The van der Waals surface area contributed by atoms with Crippen LogP contribution in [0.25, 0.3) is 0 Å². The Kier molecular flexibility index (Phi) is 4.87. The average Bonchev–Trinajstić information content (AvgIpc) is 2.86. The summed E-state index contributed by atoms with van der Waals surface area (Å²) in [6, 6.07) is 7.54. The number of rotatable bonds is 5. The predicted octanol–water partition coefficient (Wildman–Crippen LogP) is 0.811. The number of hydrogen-bond acceptors (Lipinski definition) is 4. The second kappa shape index (κ2) is 6.43. The summed E-state index contributed by atoms with van der Waals surface area (Å²) < 4.78 is 0. The number of nitrogens with zero attached hydrogens (tertiary/aromatic N) is 1. The van der Waals surface area contributed by atoms with Crippen LogP contribution >= 0.6 is 12.2 Å². The van der Waals surface area contributed by atoms with Crippen LogP contribution in [-0.4, -0.2) is 45.8 Å². The predicted molar refractivity (Wildman–Crippen MR) is 79.0 cm³/mol. The van der Waals surface area contributed by atoms with Crippen LogP contribution in [0.5, 0.6) is 0 Å². The van der Waals surface area contributed by atoms with Gasteiger partial charge in [0.15, 0.2) is 0 Å². The Morgan fingerprint density at radius 2 is 2.11 bits per heavy atom. The van der Waals surface area contributed by atoms with Gasteiger partial charge in [-0.25, -0.2) is 0 Å². The number of benzene rings is 1. The Labute approximate surface area is 118 Å². The van der Waals surface area contributed by atoms with Crippen molar-refractivity contribution >= 4 is 17.2 Å². The monoisotopic (exact) mass is 280 g/mol. The number of thiocarbonyl (C=S) groups is 1. The summed E-state index contributed by atoms with van der Waals surface area (Å²) in [7, 11) is 0. The summed E-state index contributed by atoms with van der Waals surface area (Å²) >= 11 is 4.90. The van der Waals surface area contributed by atoms with Crippen LogP contribution in [0, 0.1) is 0 Å². The van der Waals surface area contributed by atoms with E-state index in [1.165, 1.54) is 0 Å². The van der Waals surface area contributed by atoms with Gasteiger partial charge in [-0.2, -0.15) is 0 Å². The molecule has 1 aromatic rings. The molecule has 4 nitrogen and oxygen atoms in total. The maximum atomic E-state index is 10.2. The standard InChI is InChI=1S/C14H20N2O2S/c15-14(19)11-5-3-10(4-6-11)13(18)8-16-7-1-2-12(16)9-17/h3-6,12-13,17-18H,1-2,7-9H2,(H2,15,19). The van der Waals surface area contributed by atoms with Crippen molar-refractivity contribution in [3.05, 3.63) is 35.4 Å². The molecule has 2 unspecified atom stereocenters. The molecule has 2 atom stereocenters. The van der Waals surface area contributed by atoms with Gasteiger partial charge in [-0.1, -0.05) is 36.5 Å². The summed E-state index contributed by atoms with van der Waals surface area (Å²) in [6.45, 7) is 1.65. The van der Waals surface area contributed by atoms with Crippen molar-refractivity contribution in [1.82, 2.24) is 4.90 Å². The van der Waals surface area contributed by atoms with E-state index >= 15 is 0 Å². The molecule has 19 heavy (non-hydrogen) atoms. The zero-order valence-electron chi connectivity index (χ0n) is 10.8. The van der Waals surface area contributed by atoms with Crippen LogP contribution in [0.15, 0.2) is 24.3 Å². The Morgan fingerprint density at radius 1 is 1.42 bits per heavy atom. The molecule has 2 rings (SSSR count). The van der Waals surface area contributed by atoms with Crippen molar-refractivity contribution in [2.75, 3.05) is 19.7 Å². The highest BCUT2D eigenvalue weighted by Crippen LogP contribution is 2.22. The van der Waals surface area contributed by atoms with Gasteiger partial charge in [0.25, 0.3) is 0 Å². The van der Waals surface area contributed by atoms with Crippen molar-refractivity contribution in [1.29, 1.82) is 0 Å². The molecule has 1 saturated heterocycles. The van der Waals surface area contributed by atoms with Gasteiger partial charge in [0.2, 0.25) is 0 Å². The van der Waals surface area contributed by atoms with E-state index in [1.54, 1.807) is 0 Å².